The molecule has 2 atom stereocenters. The summed E-state index contributed by atoms with van der Waals surface area (Å²) in [6.45, 7) is 4.17. The zero-order valence-corrected chi connectivity index (χ0v) is 13.3. The molecule has 21 heavy (non-hydrogen) atoms. The number of benzene rings is 1. The number of thioether (sulfide) groups is 1. The first-order valence-electron chi connectivity index (χ1n) is 7.49. The molecule has 0 saturated carbocycles. The molecule has 0 aliphatic carbocycles. The lowest BCUT2D eigenvalue weighted by Crippen LogP contribution is -2.48. The molecule has 1 fully saturated rings. The molecule has 1 aromatic carbocycles. The van der Waals surface area contributed by atoms with Crippen LogP contribution in [0.1, 0.15) is 19.8 Å². The lowest BCUT2D eigenvalue weighted by Gasteiger charge is -2.27. The maximum absolute atomic E-state index is 12.1. The summed E-state index contributed by atoms with van der Waals surface area (Å²) >= 11 is 1.76. The highest BCUT2D eigenvalue weighted by molar-refractivity contribution is 8.00. The fourth-order valence-electron chi connectivity index (χ4n) is 2.42. The van der Waals surface area contributed by atoms with Gasteiger partial charge in [-0.2, -0.15) is 0 Å². The number of carbonyl (C=O) groups is 1. The Balaban J connectivity index is 1.72. The molecule has 116 valence electrons. The van der Waals surface area contributed by atoms with E-state index in [9.17, 15) is 4.79 Å². The summed E-state index contributed by atoms with van der Waals surface area (Å²) < 4.78 is 5.30. The van der Waals surface area contributed by atoms with Gasteiger partial charge in [0.15, 0.2) is 0 Å². The van der Waals surface area contributed by atoms with Gasteiger partial charge in [0.2, 0.25) is 5.91 Å². The molecule has 1 aromatic rings. The third-order valence-electron chi connectivity index (χ3n) is 3.72. The van der Waals surface area contributed by atoms with Crippen LogP contribution >= 0.6 is 11.8 Å². The first kappa shape index (κ1) is 16.3. The summed E-state index contributed by atoms with van der Waals surface area (Å²) in [5, 5.41) is 3.29. The van der Waals surface area contributed by atoms with Crippen LogP contribution in [-0.4, -0.2) is 37.0 Å². The number of hydrogen-bond donors (Lipinski definition) is 2. The molecule has 0 aromatic heterocycles. The van der Waals surface area contributed by atoms with E-state index in [4.69, 9.17) is 10.5 Å². The fraction of sp³-hybridized carbons (Fsp3) is 0.562. The van der Waals surface area contributed by atoms with E-state index in [0.717, 1.165) is 12.8 Å². The third kappa shape index (κ3) is 5.34. The van der Waals surface area contributed by atoms with Crippen LogP contribution in [0.3, 0.4) is 0 Å². The van der Waals surface area contributed by atoms with Crippen LogP contribution in [0.4, 0.5) is 0 Å². The molecule has 0 radical (unpaired) electrons. The number of nitrogens with one attached hydrogen (secondary N) is 1. The molecule has 4 nitrogen and oxygen atoms in total. The van der Waals surface area contributed by atoms with E-state index in [1.54, 1.807) is 11.8 Å². The first-order chi connectivity index (χ1) is 10.2. The van der Waals surface area contributed by atoms with Gasteiger partial charge >= 0.3 is 0 Å². The largest absolute Gasteiger partial charge is 0.381 e. The van der Waals surface area contributed by atoms with Gasteiger partial charge in [0, 0.05) is 29.9 Å². The summed E-state index contributed by atoms with van der Waals surface area (Å²) in [5.74, 6) is 0.207. The maximum atomic E-state index is 12.1. The molecular formula is C16H24N2O2S. The summed E-state index contributed by atoms with van der Waals surface area (Å²) in [7, 11) is 0. The number of carbonyl (C=O) groups excluding carboxylic acids is 1. The van der Waals surface area contributed by atoms with Crippen molar-refractivity contribution in [2.75, 3.05) is 19.8 Å². The van der Waals surface area contributed by atoms with E-state index in [1.807, 2.05) is 18.2 Å². The minimum atomic E-state index is -0.414. The van der Waals surface area contributed by atoms with Crippen LogP contribution in [0.25, 0.3) is 0 Å². The second-order valence-electron chi connectivity index (χ2n) is 5.46. The fourth-order valence-corrected chi connectivity index (χ4v) is 3.37. The van der Waals surface area contributed by atoms with Gasteiger partial charge in [-0.25, -0.2) is 0 Å². The van der Waals surface area contributed by atoms with E-state index in [-0.39, 0.29) is 11.8 Å². The zero-order chi connectivity index (χ0) is 15.1. The molecule has 3 N–H and O–H groups in total. The molecule has 0 bridgehead atoms. The lowest BCUT2D eigenvalue weighted by atomic mass is 9.92. The van der Waals surface area contributed by atoms with Crippen molar-refractivity contribution in [2.24, 2.45) is 11.7 Å². The van der Waals surface area contributed by atoms with Gasteiger partial charge in [-0.1, -0.05) is 25.1 Å². The number of nitrogens with two attached hydrogens (primary N) is 1. The number of hydrogen-bond acceptors (Lipinski definition) is 4. The van der Waals surface area contributed by atoms with Crippen molar-refractivity contribution in [3.8, 4) is 0 Å². The Morgan fingerprint density at radius 1 is 1.38 bits per heavy atom. The molecule has 1 amide bonds. The smallest absolute Gasteiger partial charge is 0.237 e. The average molecular weight is 308 g/mol. The number of rotatable bonds is 6. The Morgan fingerprint density at radius 3 is 2.71 bits per heavy atom. The van der Waals surface area contributed by atoms with E-state index >= 15 is 0 Å². The van der Waals surface area contributed by atoms with Crippen LogP contribution in [-0.2, 0) is 9.53 Å². The monoisotopic (exact) mass is 308 g/mol. The molecule has 1 heterocycles. The Labute approximate surface area is 130 Å². The minimum Gasteiger partial charge on any atom is -0.381 e. The van der Waals surface area contributed by atoms with E-state index in [1.165, 1.54) is 4.90 Å². The Hall–Kier alpha value is -1.04. The molecule has 0 spiro atoms. The van der Waals surface area contributed by atoms with Gasteiger partial charge in [0.25, 0.3) is 0 Å². The summed E-state index contributed by atoms with van der Waals surface area (Å²) in [5.41, 5.74) is 6.06. The quantitative estimate of drug-likeness (QED) is 0.789. The average Bonchev–Trinajstić information content (AvgIpc) is 2.53. The maximum Gasteiger partial charge on any atom is 0.237 e. The number of amides is 1. The van der Waals surface area contributed by atoms with Crippen molar-refractivity contribution in [2.45, 2.75) is 36.0 Å². The molecule has 2 rings (SSSR count). The highest BCUT2D eigenvalue weighted by Crippen LogP contribution is 2.22. The molecule has 5 heteroatoms. The normalized spacial score (nSPS) is 19.0. The van der Waals surface area contributed by atoms with Gasteiger partial charge in [0.05, 0.1) is 6.04 Å². The van der Waals surface area contributed by atoms with Crippen LogP contribution in [0, 0.1) is 5.92 Å². The lowest BCUT2D eigenvalue weighted by molar-refractivity contribution is -0.124. The molecule has 2 unspecified atom stereocenters. The first-order valence-corrected chi connectivity index (χ1v) is 8.37. The van der Waals surface area contributed by atoms with Crippen LogP contribution in [0.2, 0.25) is 0 Å². The van der Waals surface area contributed by atoms with Crippen molar-refractivity contribution < 1.29 is 9.53 Å². The van der Waals surface area contributed by atoms with E-state index < -0.39 is 6.04 Å². The summed E-state index contributed by atoms with van der Waals surface area (Å²) in [4.78, 5) is 13.3. The molecule has 1 aliphatic rings. The Morgan fingerprint density at radius 2 is 2.05 bits per heavy atom. The summed E-state index contributed by atoms with van der Waals surface area (Å²) in [6.07, 6.45) is 1.76. The zero-order valence-electron chi connectivity index (χ0n) is 12.5. The Kier molecular flexibility index (Phi) is 6.54. The van der Waals surface area contributed by atoms with Gasteiger partial charge < -0.3 is 15.8 Å². The molecule has 1 aliphatic heterocycles. The van der Waals surface area contributed by atoms with Crippen molar-refractivity contribution in [1.29, 1.82) is 0 Å². The van der Waals surface area contributed by atoms with Gasteiger partial charge in [-0.05, 0) is 30.9 Å². The standard InChI is InChI=1S/C16H24N2O2S/c1-12(21-14-5-3-2-4-6-14)11-18-16(19)15(17)13-7-9-20-10-8-13/h2-6,12-13,15H,7-11,17H2,1H3,(H,18,19). The molecular weight excluding hydrogens is 284 g/mol. The number of ether oxygens (including phenoxy) is 1. The Bertz CT molecular complexity index is 435. The second-order valence-corrected chi connectivity index (χ2v) is 6.97. The second kappa shape index (κ2) is 8.41. The third-order valence-corrected chi connectivity index (χ3v) is 4.83. The van der Waals surface area contributed by atoms with Crippen LogP contribution in [0.15, 0.2) is 35.2 Å². The van der Waals surface area contributed by atoms with Crippen LogP contribution < -0.4 is 11.1 Å². The van der Waals surface area contributed by atoms with E-state index in [0.29, 0.717) is 25.0 Å². The van der Waals surface area contributed by atoms with Gasteiger partial charge in [-0.15, -0.1) is 11.8 Å². The minimum absolute atomic E-state index is 0.0394. The summed E-state index contributed by atoms with van der Waals surface area (Å²) in [6, 6.07) is 9.79. The van der Waals surface area contributed by atoms with E-state index in [2.05, 4.69) is 24.4 Å². The van der Waals surface area contributed by atoms with Gasteiger partial charge in [-0.3, -0.25) is 4.79 Å². The highest BCUT2D eigenvalue weighted by atomic mass is 32.2. The van der Waals surface area contributed by atoms with Crippen molar-refractivity contribution >= 4 is 17.7 Å². The SMILES string of the molecule is CC(CNC(=O)C(N)C1CCOCC1)Sc1ccccc1. The highest BCUT2D eigenvalue weighted by Gasteiger charge is 2.26. The van der Waals surface area contributed by atoms with Crippen LogP contribution in [0.5, 0.6) is 0 Å². The van der Waals surface area contributed by atoms with Crippen molar-refractivity contribution in [1.82, 2.24) is 5.32 Å². The topological polar surface area (TPSA) is 64.4 Å². The van der Waals surface area contributed by atoms with Gasteiger partial charge in [0.1, 0.15) is 0 Å². The predicted octanol–water partition coefficient (Wildman–Crippen LogP) is 2.04. The van der Waals surface area contributed by atoms with Crippen molar-refractivity contribution in [3.63, 3.8) is 0 Å². The predicted molar refractivity (Wildman–Crippen MR) is 86.3 cm³/mol. The molecule has 1 saturated heterocycles. The van der Waals surface area contributed by atoms with Crippen molar-refractivity contribution in [3.05, 3.63) is 30.3 Å².